The number of benzene rings is 1. The molecule has 5 saturated heterocycles. The number of esters is 2. The van der Waals surface area contributed by atoms with Crippen LogP contribution in [-0.2, 0) is 51.8 Å². The first-order valence-electron chi connectivity index (χ1n) is 26.7. The molecule has 7 heterocycles. The van der Waals surface area contributed by atoms with Crippen molar-refractivity contribution in [3.8, 4) is 11.8 Å². The number of ether oxygens (including phenoxy) is 4. The molecule has 10 fully saturated rings. The Labute approximate surface area is 405 Å². The molecule has 14 rings (SSSR count). The number of hydrogen-bond acceptors (Lipinski definition) is 12. The van der Waals surface area contributed by atoms with E-state index in [0.717, 1.165) is 63.7 Å². The van der Waals surface area contributed by atoms with Crippen molar-refractivity contribution < 1.29 is 48.0 Å². The smallest absolute Gasteiger partial charge is 0.339 e. The Morgan fingerprint density at radius 1 is 0.928 bits per heavy atom. The normalized spacial score (nSPS) is 50.3. The molecule has 2 aromatic rings. The highest BCUT2D eigenvalue weighted by molar-refractivity contribution is 5.92. The Bertz CT molecular complexity index is 2580. The molecule has 12 nitrogen and oxygen atoms in total. The Kier molecular flexibility index (Phi) is 9.39. The fourth-order valence-electron chi connectivity index (χ4n) is 19.7. The highest BCUT2D eigenvalue weighted by Crippen LogP contribution is 2.84. The molecule has 6 aliphatic heterocycles. The standard InChI is InChI=1S/C57H68N2O10/c1-52(2)48-47(62)49(63)56-40-23-32(22-31-8-5-4-6-9-31)11-12-33(40)10-7-18-55(53(3,57(56)50(68-57)51(64)69-55)19-15-44(56)54(48)29-66-46(61)27-45(54)67-52)39-17-21-65-43(39)26-38-36-24-35-16-20-59-30-58-28-41(59)37(35)25-34(36)13-14-42(38)60/h4-6,8-9,16-17,20-21,32-38,40-42,44-45,48-50,58,60,63H,11-15,18-19,22-30H2,1-3H3. The highest BCUT2D eigenvalue weighted by Gasteiger charge is 2.95. The summed E-state index contributed by atoms with van der Waals surface area (Å²) in [6, 6.07) is 13.0. The van der Waals surface area contributed by atoms with E-state index in [9.17, 15) is 15.0 Å². The fraction of sp³-hybridized carbons (Fsp3) is 0.702. The first kappa shape index (κ1) is 43.8. The van der Waals surface area contributed by atoms with Crippen molar-refractivity contribution in [2.45, 2.75) is 152 Å². The van der Waals surface area contributed by atoms with Crippen LogP contribution in [0.3, 0.4) is 0 Å². The molecule has 0 radical (unpaired) electrons. The molecule has 12 heteroatoms. The number of cyclic esters (lactones) is 1. The molecule has 3 spiro atoms. The van der Waals surface area contributed by atoms with Crippen molar-refractivity contribution in [2.24, 2.45) is 75.4 Å². The van der Waals surface area contributed by atoms with E-state index in [0.29, 0.717) is 61.2 Å². The molecule has 4 bridgehead atoms. The molecule has 6 aliphatic carbocycles. The lowest BCUT2D eigenvalue weighted by atomic mass is 9.31. The number of nitrogens with one attached hydrogen (secondary N) is 1. The number of ketones is 1. The summed E-state index contributed by atoms with van der Waals surface area (Å²) in [6.45, 7) is 7.97. The predicted molar refractivity (Wildman–Crippen MR) is 249 cm³/mol. The topological polar surface area (TPSA) is 160 Å². The molecule has 5 saturated carbocycles. The summed E-state index contributed by atoms with van der Waals surface area (Å²) in [7, 11) is 0. The minimum atomic E-state index is -1.51. The van der Waals surface area contributed by atoms with Gasteiger partial charge in [0.25, 0.3) is 0 Å². The van der Waals surface area contributed by atoms with Crippen LogP contribution < -0.4 is 5.32 Å². The van der Waals surface area contributed by atoms with Gasteiger partial charge < -0.3 is 38.5 Å². The fourth-order valence-corrected chi connectivity index (χ4v) is 19.7. The summed E-state index contributed by atoms with van der Waals surface area (Å²) in [4.78, 5) is 47.0. The van der Waals surface area contributed by atoms with E-state index in [1.165, 1.54) is 5.56 Å². The molecule has 3 N–H and O–H groups in total. The van der Waals surface area contributed by atoms with Gasteiger partial charge in [-0.1, -0.05) is 55.2 Å². The van der Waals surface area contributed by atoms with Gasteiger partial charge in [-0.15, -0.1) is 0 Å². The summed E-state index contributed by atoms with van der Waals surface area (Å²) in [5, 5.41) is 29.4. The molecule has 20 unspecified atom stereocenters. The van der Waals surface area contributed by atoms with Crippen molar-refractivity contribution in [3.63, 3.8) is 0 Å². The monoisotopic (exact) mass is 940 g/mol. The van der Waals surface area contributed by atoms with Crippen LogP contribution in [0, 0.1) is 87.3 Å². The third-order valence-electron chi connectivity index (χ3n) is 22.1. The minimum Gasteiger partial charge on any atom is -0.469 e. The van der Waals surface area contributed by atoms with E-state index in [2.05, 4.69) is 65.5 Å². The Balaban J connectivity index is 0.915. The maximum Gasteiger partial charge on any atom is 0.339 e. The zero-order valence-electron chi connectivity index (χ0n) is 40.3. The highest BCUT2D eigenvalue weighted by atomic mass is 16.7. The maximum absolute atomic E-state index is 15.9. The largest absolute Gasteiger partial charge is 0.469 e. The van der Waals surface area contributed by atoms with Gasteiger partial charge in [0.2, 0.25) is 0 Å². The number of carbonyl (C=O) groups is 3. The number of furan rings is 1. The maximum atomic E-state index is 15.9. The van der Waals surface area contributed by atoms with Gasteiger partial charge in [0.05, 0.1) is 49.5 Å². The molecule has 12 aliphatic rings. The second-order valence-corrected chi connectivity index (χ2v) is 24.9. The van der Waals surface area contributed by atoms with Crippen molar-refractivity contribution in [1.29, 1.82) is 0 Å². The van der Waals surface area contributed by atoms with Crippen LogP contribution in [-0.4, -0.2) is 94.3 Å². The van der Waals surface area contributed by atoms with Gasteiger partial charge in [-0.05, 0) is 143 Å². The van der Waals surface area contributed by atoms with Crippen molar-refractivity contribution in [2.75, 3.05) is 19.8 Å². The zero-order chi connectivity index (χ0) is 47.0. The number of carbonyl (C=O) groups excluding carboxylic acids is 3. The number of nitrogens with zero attached hydrogens (tertiary/aromatic N) is 1. The average molecular weight is 941 g/mol. The quantitative estimate of drug-likeness (QED) is 0.176. The minimum absolute atomic E-state index is 0.00395. The van der Waals surface area contributed by atoms with Crippen LogP contribution in [0.1, 0.15) is 108 Å². The van der Waals surface area contributed by atoms with Gasteiger partial charge >= 0.3 is 11.9 Å². The average Bonchev–Trinajstić information content (AvgIpc) is 3.56. The van der Waals surface area contributed by atoms with E-state index in [1.54, 1.807) is 6.26 Å². The Morgan fingerprint density at radius 3 is 2.64 bits per heavy atom. The predicted octanol–water partition coefficient (Wildman–Crippen LogP) is 6.26. The molecular formula is C57H68N2O10. The molecular weight excluding hydrogens is 873 g/mol. The van der Waals surface area contributed by atoms with Crippen molar-refractivity contribution in [3.05, 3.63) is 71.8 Å². The molecule has 20 atom stereocenters. The Morgan fingerprint density at radius 2 is 1.78 bits per heavy atom. The van der Waals surface area contributed by atoms with Gasteiger partial charge in [-0.3, -0.25) is 14.9 Å². The lowest BCUT2D eigenvalue weighted by Gasteiger charge is -2.71. The van der Waals surface area contributed by atoms with Crippen LogP contribution >= 0.6 is 0 Å². The van der Waals surface area contributed by atoms with Crippen molar-refractivity contribution in [1.82, 2.24) is 10.2 Å². The van der Waals surface area contributed by atoms with Gasteiger partial charge in [-0.25, -0.2) is 4.79 Å². The number of Topliss-reactive ketones (excluding diaryl/α,β-unsaturated/α-hetero) is 1. The third-order valence-corrected chi connectivity index (χ3v) is 22.1. The van der Waals surface area contributed by atoms with Crippen molar-refractivity contribution >= 4 is 17.7 Å². The first-order valence-corrected chi connectivity index (χ1v) is 26.7. The van der Waals surface area contributed by atoms with Gasteiger partial charge in [0.1, 0.15) is 24.1 Å². The van der Waals surface area contributed by atoms with Gasteiger partial charge in [-0.2, -0.15) is 0 Å². The number of rotatable bonds is 5. The first-order chi connectivity index (χ1) is 33.3. The number of aliphatic hydroxyl groups excluding tert-OH is 2. The number of allylic oxidation sites excluding steroid dienone is 1. The summed E-state index contributed by atoms with van der Waals surface area (Å²) >= 11 is 0. The third kappa shape index (κ3) is 5.48. The van der Waals surface area contributed by atoms with Crippen LogP contribution in [0.4, 0.5) is 0 Å². The number of aliphatic hydroxyl groups is 2. The summed E-state index contributed by atoms with van der Waals surface area (Å²) < 4.78 is 34.0. The lowest BCUT2D eigenvalue weighted by molar-refractivity contribution is -0.295. The Hall–Kier alpha value is -3.99. The van der Waals surface area contributed by atoms with Crippen LogP contribution in [0.15, 0.2) is 59.4 Å². The van der Waals surface area contributed by atoms with E-state index < -0.39 is 75.3 Å². The summed E-state index contributed by atoms with van der Waals surface area (Å²) in [5.74, 6) is 7.36. The number of fused-ring (bicyclic) bond motifs is 5. The van der Waals surface area contributed by atoms with Crippen LogP contribution in [0.25, 0.3) is 0 Å². The number of epoxide rings is 1. The summed E-state index contributed by atoms with van der Waals surface area (Å²) in [5.41, 5.74) is -4.98. The van der Waals surface area contributed by atoms with E-state index in [4.69, 9.17) is 23.4 Å². The van der Waals surface area contributed by atoms with Gasteiger partial charge in [0.15, 0.2) is 17.5 Å². The van der Waals surface area contributed by atoms with E-state index in [1.807, 2.05) is 26.0 Å². The van der Waals surface area contributed by atoms with Crippen LogP contribution in [0.2, 0.25) is 0 Å². The second-order valence-electron chi connectivity index (χ2n) is 24.9. The number of hydrogen-bond donors (Lipinski definition) is 3. The molecule has 366 valence electrons. The molecule has 69 heavy (non-hydrogen) atoms. The van der Waals surface area contributed by atoms with Gasteiger partial charge in [0, 0.05) is 46.7 Å². The van der Waals surface area contributed by atoms with E-state index in [-0.39, 0.29) is 54.9 Å². The molecule has 0 amide bonds. The zero-order valence-corrected chi connectivity index (χ0v) is 40.3. The van der Waals surface area contributed by atoms with Crippen LogP contribution in [0.5, 0.6) is 0 Å². The second kappa shape index (κ2) is 14.8. The SMILES string of the molecule is CC1(C)OC2CC(=O)OCC23C1C(=O)C(O)C12C4CC(Cc5ccccc5)CCC4C#CCC4(c5ccoc5CC5C(O)CCC6CC7C(C=CN8CNCC78)CC65)OC(=O)C5OC51C4(C)CCC32. The lowest BCUT2D eigenvalue weighted by Crippen LogP contribution is -2.81. The molecule has 1 aromatic carbocycles. The van der Waals surface area contributed by atoms with E-state index >= 15 is 9.59 Å². The molecule has 1 aromatic heterocycles. The summed E-state index contributed by atoms with van der Waals surface area (Å²) in [6.07, 6.45) is 11.8.